The molecule has 1 aromatic rings. The summed E-state index contributed by atoms with van der Waals surface area (Å²) in [5, 5.41) is 20.2. The zero-order chi connectivity index (χ0) is 9.14. The van der Waals surface area contributed by atoms with Gasteiger partial charge in [-0.2, -0.15) is 0 Å². The summed E-state index contributed by atoms with van der Waals surface area (Å²) >= 11 is 0. The molecule has 0 aromatic heterocycles. The van der Waals surface area contributed by atoms with Crippen LogP contribution in [0.2, 0.25) is 0 Å². The normalized spacial score (nSPS) is 8.62. The molecular formula is C6H4N2O4Zn. The SMILES string of the molecule is O=[N+]([O-])c1ccc([N+](=O)[O-])cc1.[Zn]. The van der Waals surface area contributed by atoms with Crippen LogP contribution in [0.5, 0.6) is 0 Å². The topological polar surface area (TPSA) is 86.3 Å². The number of hydrogen-bond acceptors (Lipinski definition) is 4. The first kappa shape index (κ1) is 11.6. The molecule has 0 aliphatic heterocycles. The maximum Gasteiger partial charge on any atom is 0.269 e. The first-order chi connectivity index (χ1) is 5.61. The molecule has 0 bridgehead atoms. The number of benzene rings is 1. The largest absolute Gasteiger partial charge is 0.269 e. The second kappa shape index (κ2) is 4.62. The molecule has 0 aliphatic rings. The van der Waals surface area contributed by atoms with Crippen LogP contribution in [-0.2, 0) is 19.5 Å². The Morgan fingerprint density at radius 3 is 1.23 bits per heavy atom. The molecule has 0 atom stereocenters. The molecule has 0 saturated heterocycles. The van der Waals surface area contributed by atoms with Crippen molar-refractivity contribution in [2.24, 2.45) is 0 Å². The van der Waals surface area contributed by atoms with E-state index in [0.29, 0.717) is 0 Å². The van der Waals surface area contributed by atoms with Crippen molar-refractivity contribution in [3.8, 4) is 0 Å². The smallest absolute Gasteiger partial charge is 0.258 e. The fraction of sp³-hybridized carbons (Fsp3) is 0. The van der Waals surface area contributed by atoms with Crippen molar-refractivity contribution in [1.29, 1.82) is 0 Å². The number of nitro benzene ring substituents is 2. The van der Waals surface area contributed by atoms with Crippen molar-refractivity contribution in [2.75, 3.05) is 0 Å². The summed E-state index contributed by atoms with van der Waals surface area (Å²) in [6, 6.07) is 4.38. The van der Waals surface area contributed by atoms with Crippen LogP contribution in [0, 0.1) is 20.2 Å². The minimum Gasteiger partial charge on any atom is -0.258 e. The average molecular weight is 233 g/mol. The molecule has 0 spiro atoms. The molecule has 0 saturated carbocycles. The molecule has 64 valence electrons. The summed E-state index contributed by atoms with van der Waals surface area (Å²) in [6.45, 7) is 0. The van der Waals surface area contributed by atoms with E-state index in [2.05, 4.69) is 0 Å². The average Bonchev–Trinajstić information content (AvgIpc) is 2.04. The van der Waals surface area contributed by atoms with Gasteiger partial charge in [-0.1, -0.05) is 0 Å². The van der Waals surface area contributed by atoms with Gasteiger partial charge < -0.3 is 0 Å². The van der Waals surface area contributed by atoms with E-state index in [0.717, 1.165) is 24.3 Å². The Balaban J connectivity index is 0.00000144. The molecule has 0 aliphatic carbocycles. The summed E-state index contributed by atoms with van der Waals surface area (Å²) in [5.41, 5.74) is -0.304. The molecule has 0 heterocycles. The summed E-state index contributed by atoms with van der Waals surface area (Å²) < 4.78 is 0. The second-order valence-electron chi connectivity index (χ2n) is 2.03. The molecule has 0 radical (unpaired) electrons. The number of non-ortho nitro benzene ring substituents is 2. The van der Waals surface area contributed by atoms with E-state index in [4.69, 9.17) is 0 Å². The van der Waals surface area contributed by atoms with Crippen LogP contribution >= 0.6 is 0 Å². The fourth-order valence-electron chi connectivity index (χ4n) is 0.696. The minimum atomic E-state index is -0.607. The van der Waals surface area contributed by atoms with E-state index in [1.54, 1.807) is 0 Å². The van der Waals surface area contributed by atoms with Crippen molar-refractivity contribution in [2.45, 2.75) is 0 Å². The number of hydrogen-bond donors (Lipinski definition) is 0. The van der Waals surface area contributed by atoms with Crippen LogP contribution in [-0.4, -0.2) is 9.85 Å². The third-order valence-corrected chi connectivity index (χ3v) is 1.27. The third kappa shape index (κ3) is 2.87. The van der Waals surface area contributed by atoms with Gasteiger partial charge in [0.25, 0.3) is 11.4 Å². The van der Waals surface area contributed by atoms with Gasteiger partial charge in [0.2, 0.25) is 0 Å². The maximum absolute atomic E-state index is 10.1. The van der Waals surface area contributed by atoms with E-state index >= 15 is 0 Å². The molecule has 0 N–H and O–H groups in total. The van der Waals surface area contributed by atoms with Gasteiger partial charge in [-0.3, -0.25) is 20.2 Å². The Morgan fingerprint density at radius 1 is 0.846 bits per heavy atom. The van der Waals surface area contributed by atoms with E-state index in [1.807, 2.05) is 0 Å². The third-order valence-electron chi connectivity index (χ3n) is 1.27. The van der Waals surface area contributed by atoms with Crippen LogP contribution in [0.25, 0.3) is 0 Å². The first-order valence-electron chi connectivity index (χ1n) is 3.00. The molecule has 0 fully saturated rings. The van der Waals surface area contributed by atoms with Gasteiger partial charge in [-0.25, -0.2) is 0 Å². The Hall–Kier alpha value is -1.36. The summed E-state index contributed by atoms with van der Waals surface area (Å²) in [6.07, 6.45) is 0. The van der Waals surface area contributed by atoms with Crippen molar-refractivity contribution in [1.82, 2.24) is 0 Å². The van der Waals surface area contributed by atoms with Gasteiger partial charge in [0.05, 0.1) is 9.85 Å². The van der Waals surface area contributed by atoms with Gasteiger partial charge in [-0.15, -0.1) is 0 Å². The number of rotatable bonds is 2. The Labute approximate surface area is 85.6 Å². The zero-order valence-corrected chi connectivity index (χ0v) is 9.51. The summed E-state index contributed by atoms with van der Waals surface area (Å²) in [7, 11) is 0. The van der Waals surface area contributed by atoms with E-state index in [-0.39, 0.29) is 30.9 Å². The van der Waals surface area contributed by atoms with E-state index in [9.17, 15) is 20.2 Å². The van der Waals surface area contributed by atoms with Crippen LogP contribution in [0.1, 0.15) is 0 Å². The standard InChI is InChI=1S/C6H4N2O4.Zn/c9-7(10)5-1-2-6(4-3-5)8(11)12;/h1-4H;. The fourth-order valence-corrected chi connectivity index (χ4v) is 0.696. The number of nitro groups is 2. The van der Waals surface area contributed by atoms with Gasteiger partial charge in [-0.05, 0) is 0 Å². The summed E-state index contributed by atoms with van der Waals surface area (Å²) in [5.74, 6) is 0. The van der Waals surface area contributed by atoms with Gasteiger partial charge in [0.1, 0.15) is 0 Å². The predicted octanol–water partition coefficient (Wildman–Crippen LogP) is 1.50. The summed E-state index contributed by atoms with van der Waals surface area (Å²) in [4.78, 5) is 19.0. The van der Waals surface area contributed by atoms with E-state index < -0.39 is 9.85 Å². The molecule has 7 heteroatoms. The van der Waals surface area contributed by atoms with E-state index in [1.165, 1.54) is 0 Å². The zero-order valence-electron chi connectivity index (χ0n) is 6.54. The van der Waals surface area contributed by atoms with Crippen molar-refractivity contribution < 1.29 is 29.3 Å². The van der Waals surface area contributed by atoms with Gasteiger partial charge in [0, 0.05) is 43.7 Å². The predicted molar refractivity (Wildman–Crippen MR) is 39.8 cm³/mol. The molecular weight excluding hydrogens is 229 g/mol. The van der Waals surface area contributed by atoms with Crippen molar-refractivity contribution in [3.63, 3.8) is 0 Å². The van der Waals surface area contributed by atoms with Crippen LogP contribution in [0.3, 0.4) is 0 Å². The molecule has 13 heavy (non-hydrogen) atoms. The molecule has 1 aromatic carbocycles. The van der Waals surface area contributed by atoms with Crippen LogP contribution in [0.15, 0.2) is 24.3 Å². The minimum absolute atomic E-state index is 0. The van der Waals surface area contributed by atoms with Gasteiger partial charge >= 0.3 is 0 Å². The van der Waals surface area contributed by atoms with Gasteiger partial charge in [0.15, 0.2) is 0 Å². The molecule has 1 rings (SSSR count). The number of nitrogens with zero attached hydrogens (tertiary/aromatic N) is 2. The quantitative estimate of drug-likeness (QED) is 0.440. The Kier molecular flexibility index (Phi) is 4.13. The maximum atomic E-state index is 10.1. The second-order valence-corrected chi connectivity index (χ2v) is 2.03. The van der Waals surface area contributed by atoms with Crippen molar-refractivity contribution in [3.05, 3.63) is 44.5 Å². The Morgan fingerprint density at radius 2 is 1.08 bits per heavy atom. The molecule has 0 amide bonds. The Bertz CT molecular complexity index is 291. The molecule has 0 unspecified atom stereocenters. The van der Waals surface area contributed by atoms with Crippen molar-refractivity contribution >= 4 is 11.4 Å². The first-order valence-corrected chi connectivity index (χ1v) is 3.00. The van der Waals surface area contributed by atoms with Crippen LogP contribution in [0.4, 0.5) is 11.4 Å². The van der Waals surface area contributed by atoms with Crippen LogP contribution < -0.4 is 0 Å². The molecule has 6 nitrogen and oxygen atoms in total. The monoisotopic (exact) mass is 232 g/mol.